The Kier molecular flexibility index (Phi) is 5.94. The molecule has 2 unspecified atom stereocenters. The van der Waals surface area contributed by atoms with E-state index < -0.39 is 75.9 Å². The number of amides is 1. The number of halogens is 1. The summed E-state index contributed by atoms with van der Waals surface area (Å²) >= 11 is 0. The van der Waals surface area contributed by atoms with E-state index in [0.717, 1.165) is 6.07 Å². The minimum absolute atomic E-state index is 0.0422. The number of likely N-dealkylation sites (N-methyl/N-ethyl adjacent to an activating group) is 1. The average Bonchev–Trinajstić information content (AvgIpc) is 2.73. The Balaban J connectivity index is 1.86. The number of hydrogen-bond donors (Lipinski definition) is 3. The van der Waals surface area contributed by atoms with Crippen molar-refractivity contribution in [1.29, 1.82) is 0 Å². The van der Waals surface area contributed by atoms with E-state index in [2.05, 4.69) is 0 Å². The molecule has 11 heteroatoms. The number of nitrogens with zero attached hydrogens (tertiary/aromatic N) is 2. The Morgan fingerprint density at radius 2 is 1.80 bits per heavy atom. The molecule has 6 atom stereocenters. The molecule has 1 aromatic rings. The van der Waals surface area contributed by atoms with E-state index in [1.54, 1.807) is 19.0 Å². The molecule has 0 radical (unpaired) electrons. The highest BCUT2D eigenvalue weighted by Gasteiger charge is 2.69. The van der Waals surface area contributed by atoms with Crippen LogP contribution in [0.5, 0.6) is 5.75 Å². The summed E-state index contributed by atoms with van der Waals surface area (Å²) in [6, 6.07) is -0.0476. The molecule has 2 saturated carbocycles. The normalized spacial score (nSPS) is 32.5. The van der Waals surface area contributed by atoms with Gasteiger partial charge in [-0.1, -0.05) is 0 Å². The van der Waals surface area contributed by atoms with Crippen molar-refractivity contribution in [3.8, 4) is 5.75 Å². The number of hydrogen-bond acceptors (Lipinski definition) is 9. The lowest BCUT2D eigenvalue weighted by atomic mass is 9.52. The fraction of sp³-hybridized carbons (Fsp3) is 0.542. The van der Waals surface area contributed by atoms with Crippen LogP contribution in [0.3, 0.4) is 0 Å². The quantitative estimate of drug-likeness (QED) is 0.454. The summed E-state index contributed by atoms with van der Waals surface area (Å²) in [5.41, 5.74) is 2.26. The number of aliphatic hydroxyl groups is 1. The minimum atomic E-state index is -2.80. The smallest absolute Gasteiger partial charge is 0.235 e. The number of nitrogens with two attached hydrogens (primary N) is 1. The largest absolute Gasteiger partial charge is 0.507 e. The van der Waals surface area contributed by atoms with Gasteiger partial charge in [-0.15, -0.1) is 0 Å². The number of phenolic OH excluding ortho intramolecular Hbond substituents is 1. The molecular weight excluding hydrogens is 461 g/mol. The predicted octanol–water partition coefficient (Wildman–Crippen LogP) is -0.932. The minimum Gasteiger partial charge on any atom is -0.507 e. The fourth-order valence-electron chi connectivity index (χ4n) is 6.14. The molecule has 3 aliphatic carbocycles. The average molecular weight is 490 g/mol. The topological polar surface area (TPSA) is 158 Å². The van der Waals surface area contributed by atoms with E-state index in [-0.39, 0.29) is 36.1 Å². The van der Waals surface area contributed by atoms with Crippen molar-refractivity contribution in [3.05, 3.63) is 28.6 Å². The van der Waals surface area contributed by atoms with Gasteiger partial charge in [-0.05, 0) is 53.0 Å². The summed E-state index contributed by atoms with van der Waals surface area (Å²) < 4.78 is 15.1. The number of phenols is 1. The van der Waals surface area contributed by atoms with Crippen LogP contribution in [0.1, 0.15) is 27.9 Å². The highest BCUT2D eigenvalue weighted by Crippen LogP contribution is 2.51. The summed E-state index contributed by atoms with van der Waals surface area (Å²) in [6.07, 6.45) is -0.225. The highest BCUT2D eigenvalue weighted by molar-refractivity contribution is 6.32. The third-order valence-corrected chi connectivity index (χ3v) is 7.57. The van der Waals surface area contributed by atoms with E-state index in [4.69, 9.17) is 5.73 Å². The van der Waals surface area contributed by atoms with Gasteiger partial charge in [-0.25, -0.2) is 4.39 Å². The number of primary amides is 1. The summed E-state index contributed by atoms with van der Waals surface area (Å²) in [5, 5.41) is 22.3. The number of benzene rings is 1. The molecule has 0 bridgehead atoms. The maximum Gasteiger partial charge on any atom is 0.235 e. The molecule has 1 amide bonds. The Morgan fingerprint density at radius 1 is 1.17 bits per heavy atom. The van der Waals surface area contributed by atoms with E-state index >= 15 is 4.39 Å². The molecule has 2 fully saturated rings. The van der Waals surface area contributed by atoms with Crippen LogP contribution in [0.4, 0.5) is 4.39 Å². The van der Waals surface area contributed by atoms with Crippen molar-refractivity contribution in [3.63, 3.8) is 0 Å². The van der Waals surface area contributed by atoms with Gasteiger partial charge in [0.2, 0.25) is 5.91 Å². The van der Waals surface area contributed by atoms with Crippen molar-refractivity contribution in [2.75, 3.05) is 28.2 Å². The van der Waals surface area contributed by atoms with Gasteiger partial charge in [0.25, 0.3) is 0 Å². The van der Waals surface area contributed by atoms with Crippen LogP contribution in [0.25, 0.3) is 0 Å². The molecule has 0 aliphatic heterocycles. The SMILES string of the molecule is CN(C)Cc1cc(F)c2c(c1O)C(=O)C1C(=O)[C@]3(O)C(=O)C(C(N)=O)C(=O)[C@@H](N(C)C)[C@@H]3C[C@@H]1C2. The van der Waals surface area contributed by atoms with Crippen molar-refractivity contribution in [2.45, 2.75) is 31.0 Å². The molecule has 10 nitrogen and oxygen atoms in total. The van der Waals surface area contributed by atoms with Gasteiger partial charge >= 0.3 is 0 Å². The van der Waals surface area contributed by atoms with Gasteiger partial charge in [0, 0.05) is 23.6 Å². The summed E-state index contributed by atoms with van der Waals surface area (Å²) in [6.45, 7) is 0.128. The Labute approximate surface area is 200 Å². The van der Waals surface area contributed by atoms with Crippen LogP contribution >= 0.6 is 0 Å². The first-order valence-electron chi connectivity index (χ1n) is 11.3. The lowest BCUT2D eigenvalue weighted by Gasteiger charge is -2.52. The van der Waals surface area contributed by atoms with Crippen molar-refractivity contribution in [2.24, 2.45) is 29.4 Å². The second-order valence-corrected chi connectivity index (χ2v) is 10.2. The summed E-state index contributed by atoms with van der Waals surface area (Å²) in [4.78, 5) is 68.5. The van der Waals surface area contributed by atoms with Crippen LogP contribution < -0.4 is 5.73 Å². The van der Waals surface area contributed by atoms with Crippen molar-refractivity contribution in [1.82, 2.24) is 9.80 Å². The van der Waals surface area contributed by atoms with Crippen LogP contribution in [-0.4, -0.2) is 88.9 Å². The van der Waals surface area contributed by atoms with Gasteiger partial charge in [-0.3, -0.25) is 28.9 Å². The van der Waals surface area contributed by atoms with Gasteiger partial charge in [0.1, 0.15) is 11.6 Å². The zero-order chi connectivity index (χ0) is 26.1. The Hall–Kier alpha value is -3.02. The molecule has 0 spiro atoms. The molecule has 35 heavy (non-hydrogen) atoms. The molecule has 188 valence electrons. The van der Waals surface area contributed by atoms with E-state index in [9.17, 15) is 34.2 Å². The zero-order valence-corrected chi connectivity index (χ0v) is 19.9. The van der Waals surface area contributed by atoms with E-state index in [0.29, 0.717) is 0 Å². The maximum absolute atomic E-state index is 15.1. The van der Waals surface area contributed by atoms with Crippen molar-refractivity contribution >= 4 is 29.0 Å². The van der Waals surface area contributed by atoms with E-state index in [1.165, 1.54) is 19.0 Å². The first kappa shape index (κ1) is 25.1. The second-order valence-electron chi connectivity index (χ2n) is 10.2. The number of Topliss-reactive ketones (excluding diaryl/α,β-unsaturated/α-hetero) is 4. The molecule has 1 aromatic carbocycles. The van der Waals surface area contributed by atoms with Crippen LogP contribution in [0, 0.1) is 29.5 Å². The Morgan fingerprint density at radius 3 is 2.34 bits per heavy atom. The molecule has 4 rings (SSSR count). The Bertz CT molecular complexity index is 1180. The van der Waals surface area contributed by atoms with E-state index in [1.807, 2.05) is 0 Å². The first-order chi connectivity index (χ1) is 16.2. The molecule has 3 aliphatic rings. The van der Waals surface area contributed by atoms with Crippen LogP contribution in [-0.2, 0) is 32.1 Å². The lowest BCUT2D eigenvalue weighted by Crippen LogP contribution is -2.74. The molecular formula is C24H28FN3O7. The third-order valence-electron chi connectivity index (χ3n) is 7.57. The van der Waals surface area contributed by atoms with Crippen LogP contribution in [0.15, 0.2) is 6.07 Å². The highest BCUT2D eigenvalue weighted by atomic mass is 19.1. The van der Waals surface area contributed by atoms with Crippen LogP contribution in [0.2, 0.25) is 0 Å². The number of carbonyl (C=O) groups is 5. The maximum atomic E-state index is 15.1. The van der Waals surface area contributed by atoms with Gasteiger partial charge in [0.05, 0.1) is 17.5 Å². The van der Waals surface area contributed by atoms with Gasteiger partial charge < -0.3 is 20.8 Å². The number of rotatable bonds is 4. The number of aromatic hydroxyl groups is 1. The molecule has 4 N–H and O–H groups in total. The lowest BCUT2D eigenvalue weighted by molar-refractivity contribution is -0.181. The standard InChI is InChI=1S/C24H28FN3O7/c1-27(2)8-10-7-13(25)11-5-9-6-12-17(28(3)4)20(31)16(23(26)34)22(33)24(12,35)21(32)14(9)19(30)15(11)18(10)29/h7,9,12,14,16-17,29,35H,5-6,8H2,1-4H3,(H2,26,34)/t9-,12-,14?,16?,17-,24-/m0/s1. The van der Waals surface area contributed by atoms with Crippen molar-refractivity contribution < 1.29 is 38.6 Å². The molecule has 0 saturated heterocycles. The third kappa shape index (κ3) is 3.44. The monoisotopic (exact) mass is 489 g/mol. The first-order valence-corrected chi connectivity index (χ1v) is 11.3. The molecule has 0 heterocycles. The number of carbonyl (C=O) groups excluding carboxylic acids is 5. The van der Waals surface area contributed by atoms with Gasteiger partial charge in [-0.2, -0.15) is 0 Å². The van der Waals surface area contributed by atoms with Gasteiger partial charge in [0.15, 0.2) is 34.7 Å². The fourth-order valence-corrected chi connectivity index (χ4v) is 6.14. The molecule has 0 aromatic heterocycles. The summed E-state index contributed by atoms with van der Waals surface area (Å²) in [7, 11) is 6.39. The zero-order valence-electron chi connectivity index (χ0n) is 19.9. The summed E-state index contributed by atoms with van der Waals surface area (Å²) in [5.74, 6) is -12.3. The number of ketones is 4. The second kappa shape index (κ2) is 8.28. The number of fused-ring (bicyclic) bond motifs is 3. The predicted molar refractivity (Wildman–Crippen MR) is 119 cm³/mol.